The van der Waals surface area contributed by atoms with Crippen molar-refractivity contribution < 1.29 is 9.90 Å². The summed E-state index contributed by atoms with van der Waals surface area (Å²) in [6.07, 6.45) is 5.23. The van der Waals surface area contributed by atoms with Crippen LogP contribution in [-0.4, -0.2) is 35.7 Å². The van der Waals surface area contributed by atoms with Gasteiger partial charge in [0.15, 0.2) is 0 Å². The van der Waals surface area contributed by atoms with E-state index in [1.807, 2.05) is 0 Å². The van der Waals surface area contributed by atoms with Gasteiger partial charge in [-0.3, -0.25) is 4.79 Å². The van der Waals surface area contributed by atoms with Crippen LogP contribution in [0.1, 0.15) is 39.0 Å². The topological polar surface area (TPSA) is 61.4 Å². The predicted octanol–water partition coefficient (Wildman–Crippen LogP) is 0.971. The fourth-order valence-corrected chi connectivity index (χ4v) is 2.99. The van der Waals surface area contributed by atoms with Crippen LogP contribution in [0.3, 0.4) is 0 Å². The Labute approximate surface area is 96.8 Å². The van der Waals surface area contributed by atoms with Crippen LogP contribution >= 0.6 is 0 Å². The molecular formula is C12H22N2O2. The molecule has 1 heterocycles. The molecule has 2 fully saturated rings. The lowest BCUT2D eigenvalue weighted by Gasteiger charge is -2.46. The second-order valence-electron chi connectivity index (χ2n) is 5.57. The van der Waals surface area contributed by atoms with Crippen molar-refractivity contribution in [2.24, 2.45) is 5.92 Å². The summed E-state index contributed by atoms with van der Waals surface area (Å²) in [5.74, 6) is 0.0824. The number of rotatable bonds is 4. The molecule has 2 aliphatic rings. The molecule has 0 aromatic rings. The largest absolute Gasteiger partial charge is 0.481 e. The van der Waals surface area contributed by atoms with Gasteiger partial charge in [-0.1, -0.05) is 19.8 Å². The molecule has 1 saturated carbocycles. The Bertz CT molecular complexity index is 264. The van der Waals surface area contributed by atoms with E-state index < -0.39 is 5.97 Å². The number of hydrogen-bond donors (Lipinski definition) is 3. The van der Waals surface area contributed by atoms with Crippen LogP contribution in [0.4, 0.5) is 0 Å². The van der Waals surface area contributed by atoms with Crippen LogP contribution in [0.5, 0.6) is 0 Å². The number of carboxylic acids is 1. The van der Waals surface area contributed by atoms with Crippen LogP contribution in [0.25, 0.3) is 0 Å². The van der Waals surface area contributed by atoms with Gasteiger partial charge in [-0.05, 0) is 18.8 Å². The van der Waals surface area contributed by atoms with E-state index in [-0.39, 0.29) is 12.0 Å². The molecule has 3 N–H and O–H groups in total. The lowest BCUT2D eigenvalue weighted by molar-refractivity contribution is -0.139. The molecule has 0 aromatic heterocycles. The third-order valence-corrected chi connectivity index (χ3v) is 3.86. The summed E-state index contributed by atoms with van der Waals surface area (Å²) in [5.41, 5.74) is -0.173. The van der Waals surface area contributed by atoms with E-state index in [0.29, 0.717) is 6.04 Å². The Morgan fingerprint density at radius 3 is 2.75 bits per heavy atom. The van der Waals surface area contributed by atoms with Gasteiger partial charge in [-0.15, -0.1) is 0 Å². The zero-order valence-corrected chi connectivity index (χ0v) is 9.96. The van der Waals surface area contributed by atoms with E-state index in [0.717, 1.165) is 19.0 Å². The third-order valence-electron chi connectivity index (χ3n) is 3.86. The number of carbonyl (C=O) groups is 1. The van der Waals surface area contributed by atoms with Gasteiger partial charge in [-0.25, -0.2) is 0 Å². The van der Waals surface area contributed by atoms with E-state index in [1.165, 1.54) is 25.7 Å². The van der Waals surface area contributed by atoms with Crippen molar-refractivity contribution >= 4 is 5.97 Å². The zero-order chi connectivity index (χ0) is 11.6. The highest BCUT2D eigenvalue weighted by Gasteiger charge is 2.40. The monoisotopic (exact) mass is 226 g/mol. The minimum absolute atomic E-state index is 0.173. The first-order chi connectivity index (χ1) is 7.60. The fourth-order valence-electron chi connectivity index (χ4n) is 2.99. The molecule has 0 radical (unpaired) electrons. The van der Waals surface area contributed by atoms with Gasteiger partial charge in [0.25, 0.3) is 0 Å². The van der Waals surface area contributed by atoms with Crippen molar-refractivity contribution in [1.82, 2.24) is 10.6 Å². The molecule has 0 bridgehead atoms. The third kappa shape index (κ3) is 2.74. The smallest absolute Gasteiger partial charge is 0.305 e. The minimum atomic E-state index is -0.696. The van der Waals surface area contributed by atoms with E-state index >= 15 is 0 Å². The molecule has 92 valence electrons. The van der Waals surface area contributed by atoms with Crippen molar-refractivity contribution in [2.75, 3.05) is 13.1 Å². The van der Waals surface area contributed by atoms with Crippen molar-refractivity contribution in [3.8, 4) is 0 Å². The van der Waals surface area contributed by atoms with E-state index in [9.17, 15) is 4.79 Å². The molecule has 0 spiro atoms. The maximum atomic E-state index is 10.8. The van der Waals surface area contributed by atoms with Gasteiger partial charge in [0.2, 0.25) is 0 Å². The van der Waals surface area contributed by atoms with Crippen molar-refractivity contribution in [2.45, 2.75) is 50.6 Å². The molecule has 2 atom stereocenters. The Morgan fingerprint density at radius 1 is 1.50 bits per heavy atom. The van der Waals surface area contributed by atoms with E-state index in [1.54, 1.807) is 0 Å². The standard InChI is InChI=1S/C12H22N2O2/c1-9-3-2-4-10(5-9)14-12(6-11(15)16)7-13-8-12/h9-10,13-14H,2-8H2,1H3,(H,15,16). The summed E-state index contributed by atoms with van der Waals surface area (Å²) in [6.45, 7) is 3.88. The molecule has 1 saturated heterocycles. The average molecular weight is 226 g/mol. The Hall–Kier alpha value is -0.610. The first-order valence-corrected chi connectivity index (χ1v) is 6.30. The quantitative estimate of drug-likeness (QED) is 0.668. The molecule has 1 aliphatic heterocycles. The summed E-state index contributed by atoms with van der Waals surface area (Å²) in [7, 11) is 0. The molecule has 4 heteroatoms. The molecule has 0 aromatic carbocycles. The summed E-state index contributed by atoms with van der Waals surface area (Å²) in [6, 6.07) is 0.519. The molecule has 1 aliphatic carbocycles. The van der Waals surface area contributed by atoms with Crippen LogP contribution in [0, 0.1) is 5.92 Å². The van der Waals surface area contributed by atoms with Gasteiger partial charge in [0.05, 0.1) is 12.0 Å². The van der Waals surface area contributed by atoms with Crippen LogP contribution in [-0.2, 0) is 4.79 Å². The summed E-state index contributed by atoms with van der Waals surface area (Å²) < 4.78 is 0. The van der Waals surface area contributed by atoms with Gasteiger partial charge in [0.1, 0.15) is 0 Å². The minimum Gasteiger partial charge on any atom is -0.481 e. The van der Waals surface area contributed by atoms with Crippen molar-refractivity contribution in [3.05, 3.63) is 0 Å². The van der Waals surface area contributed by atoms with Crippen molar-refractivity contribution in [1.29, 1.82) is 0 Å². The highest BCUT2D eigenvalue weighted by atomic mass is 16.4. The van der Waals surface area contributed by atoms with Gasteiger partial charge in [-0.2, -0.15) is 0 Å². The lowest BCUT2D eigenvalue weighted by atomic mass is 9.82. The fraction of sp³-hybridized carbons (Fsp3) is 0.917. The van der Waals surface area contributed by atoms with Gasteiger partial charge < -0.3 is 15.7 Å². The molecule has 2 rings (SSSR count). The highest BCUT2D eigenvalue weighted by molar-refractivity contribution is 5.68. The van der Waals surface area contributed by atoms with Crippen LogP contribution in [0.15, 0.2) is 0 Å². The molecule has 4 nitrogen and oxygen atoms in total. The molecule has 2 unspecified atom stereocenters. The number of hydrogen-bond acceptors (Lipinski definition) is 3. The average Bonchev–Trinajstić information content (AvgIpc) is 2.13. The number of nitrogens with one attached hydrogen (secondary N) is 2. The zero-order valence-electron chi connectivity index (χ0n) is 9.96. The predicted molar refractivity (Wildman–Crippen MR) is 62.4 cm³/mol. The molecule has 16 heavy (non-hydrogen) atoms. The summed E-state index contributed by atoms with van der Waals surface area (Å²) in [4.78, 5) is 10.8. The molecule has 0 amide bonds. The summed E-state index contributed by atoms with van der Waals surface area (Å²) >= 11 is 0. The van der Waals surface area contributed by atoms with Gasteiger partial charge in [0, 0.05) is 19.1 Å². The van der Waals surface area contributed by atoms with Crippen LogP contribution in [0.2, 0.25) is 0 Å². The molecular weight excluding hydrogens is 204 g/mol. The normalized spacial score (nSPS) is 33.1. The van der Waals surface area contributed by atoms with E-state index in [4.69, 9.17) is 5.11 Å². The first kappa shape index (κ1) is 11.9. The Kier molecular flexibility index (Phi) is 3.50. The maximum absolute atomic E-state index is 10.8. The number of aliphatic carboxylic acids is 1. The maximum Gasteiger partial charge on any atom is 0.305 e. The number of carboxylic acid groups (broad SMARTS) is 1. The summed E-state index contributed by atoms with van der Waals surface area (Å²) in [5, 5.41) is 15.7. The van der Waals surface area contributed by atoms with Crippen LogP contribution < -0.4 is 10.6 Å². The Balaban J connectivity index is 1.88. The van der Waals surface area contributed by atoms with E-state index in [2.05, 4.69) is 17.6 Å². The van der Waals surface area contributed by atoms with Gasteiger partial charge >= 0.3 is 5.97 Å². The lowest BCUT2D eigenvalue weighted by Crippen LogP contribution is -2.70. The second kappa shape index (κ2) is 4.72. The SMILES string of the molecule is CC1CCCC(NC2(CC(=O)O)CNC2)C1. The van der Waals surface area contributed by atoms with Crippen molar-refractivity contribution in [3.63, 3.8) is 0 Å². The Morgan fingerprint density at radius 2 is 2.25 bits per heavy atom. The second-order valence-corrected chi connectivity index (χ2v) is 5.57. The highest BCUT2D eigenvalue weighted by Crippen LogP contribution is 2.27. The first-order valence-electron chi connectivity index (χ1n) is 6.30.